The van der Waals surface area contributed by atoms with Crippen LogP contribution in [0.25, 0.3) is 0 Å². The molecule has 0 bridgehead atoms. The van der Waals surface area contributed by atoms with E-state index >= 15 is 0 Å². The van der Waals surface area contributed by atoms with Crippen molar-refractivity contribution in [3.8, 4) is 0 Å². The fourth-order valence-electron chi connectivity index (χ4n) is 4.41. The molecule has 0 rings (SSSR count). The van der Waals surface area contributed by atoms with E-state index in [4.69, 9.17) is 0 Å². The molecule has 0 amide bonds. The van der Waals surface area contributed by atoms with E-state index < -0.39 is 0 Å². The van der Waals surface area contributed by atoms with Gasteiger partial charge in [0.1, 0.15) is 0 Å². The summed E-state index contributed by atoms with van der Waals surface area (Å²) in [6, 6.07) is 0. The number of hydrogen-bond acceptors (Lipinski definition) is 2. The first-order chi connectivity index (χ1) is 17.8. The van der Waals surface area contributed by atoms with Crippen molar-refractivity contribution in [3.63, 3.8) is 0 Å². The van der Waals surface area contributed by atoms with E-state index in [1.54, 1.807) is 0 Å². The molecule has 2 nitrogen and oxygen atoms in total. The Labute approximate surface area is 250 Å². The largest absolute Gasteiger partial charge is 0.393 e. The molecule has 0 fully saturated rings. The van der Waals surface area contributed by atoms with Crippen molar-refractivity contribution in [2.45, 2.75) is 194 Å². The highest BCUT2D eigenvalue weighted by atomic mass is 16.3. The van der Waals surface area contributed by atoms with Gasteiger partial charge in [-0.15, -0.1) is 0 Å². The smallest absolute Gasteiger partial charge is 0.0545 e. The molecule has 0 aliphatic heterocycles. The van der Waals surface area contributed by atoms with Gasteiger partial charge in [-0.2, -0.15) is 0 Å². The average Bonchev–Trinajstić information content (AvgIpc) is 2.69. The van der Waals surface area contributed by atoms with Crippen LogP contribution in [-0.4, -0.2) is 22.4 Å². The van der Waals surface area contributed by atoms with Crippen LogP contribution < -0.4 is 0 Å². The molecule has 0 spiro atoms. The van der Waals surface area contributed by atoms with Gasteiger partial charge in [0.2, 0.25) is 0 Å². The molecule has 2 N–H and O–H groups in total. The third-order valence-electron chi connectivity index (χ3n) is 6.35. The van der Waals surface area contributed by atoms with E-state index in [9.17, 15) is 10.2 Å². The molecule has 2 heteroatoms. The highest BCUT2D eigenvalue weighted by Gasteiger charge is 2.09. The highest BCUT2D eigenvalue weighted by molar-refractivity contribution is 4.61. The third-order valence-corrected chi connectivity index (χ3v) is 6.35. The van der Waals surface area contributed by atoms with Gasteiger partial charge in [-0.05, 0) is 73.0 Å². The van der Waals surface area contributed by atoms with Crippen molar-refractivity contribution >= 4 is 0 Å². The molecule has 0 unspecified atom stereocenters. The van der Waals surface area contributed by atoms with E-state index in [1.165, 1.54) is 44.9 Å². The minimum absolute atomic E-state index is 0.0833. The Morgan fingerprint density at radius 1 is 0.282 bits per heavy atom. The fourth-order valence-corrected chi connectivity index (χ4v) is 4.41. The van der Waals surface area contributed by atoms with Crippen LogP contribution in [0.5, 0.6) is 0 Å². The van der Waals surface area contributed by atoms with Crippen molar-refractivity contribution in [2.75, 3.05) is 0 Å². The zero-order valence-corrected chi connectivity index (χ0v) is 30.4. The van der Waals surface area contributed by atoms with Gasteiger partial charge in [0.15, 0.2) is 0 Å². The van der Waals surface area contributed by atoms with Crippen molar-refractivity contribution in [3.05, 3.63) is 0 Å². The summed E-state index contributed by atoms with van der Waals surface area (Å²) in [6.45, 7) is 35.5. The Morgan fingerprint density at radius 3 is 0.615 bits per heavy atom. The second-order valence-electron chi connectivity index (χ2n) is 15.6. The van der Waals surface area contributed by atoms with Gasteiger partial charge in [0.25, 0.3) is 0 Å². The number of hydrogen-bond donors (Lipinski definition) is 2. The number of unbranched alkanes of at least 4 members (excludes halogenated alkanes) is 1. The topological polar surface area (TPSA) is 40.5 Å². The predicted molar refractivity (Wildman–Crippen MR) is 182 cm³/mol. The summed E-state index contributed by atoms with van der Waals surface area (Å²) in [7, 11) is 0. The van der Waals surface area contributed by atoms with Gasteiger partial charge < -0.3 is 10.2 Å². The summed E-state index contributed by atoms with van der Waals surface area (Å²) < 4.78 is 0. The molecule has 242 valence electrons. The number of aliphatic hydroxyl groups is 2. The molecule has 0 heterocycles. The van der Waals surface area contributed by atoms with Gasteiger partial charge in [-0.1, -0.05) is 156 Å². The van der Waals surface area contributed by atoms with Gasteiger partial charge in [0, 0.05) is 0 Å². The average molecular weight is 559 g/mol. The zero-order valence-electron chi connectivity index (χ0n) is 30.4. The van der Waals surface area contributed by atoms with Crippen LogP contribution in [0.1, 0.15) is 181 Å². The van der Waals surface area contributed by atoms with Crippen LogP contribution in [0.4, 0.5) is 0 Å². The van der Waals surface area contributed by atoms with Crippen LogP contribution >= 0.6 is 0 Å². The van der Waals surface area contributed by atoms with Crippen molar-refractivity contribution < 1.29 is 10.2 Å². The van der Waals surface area contributed by atoms with Crippen LogP contribution in [0.3, 0.4) is 0 Å². The Balaban J connectivity index is -0.000000210. The summed E-state index contributed by atoms with van der Waals surface area (Å²) >= 11 is 0. The lowest BCUT2D eigenvalue weighted by Gasteiger charge is -2.14. The normalized spacial score (nSPS) is 11.7. The molecule has 39 heavy (non-hydrogen) atoms. The number of aliphatic hydroxyl groups excluding tert-OH is 2. The summed E-state index contributed by atoms with van der Waals surface area (Å²) in [5.41, 5.74) is 0. The number of rotatable bonds is 17. The van der Waals surface area contributed by atoms with Gasteiger partial charge in [-0.3, -0.25) is 0 Å². The second-order valence-corrected chi connectivity index (χ2v) is 15.6. The third kappa shape index (κ3) is 58.5. The first-order valence-electron chi connectivity index (χ1n) is 17.2. The summed E-state index contributed by atoms with van der Waals surface area (Å²) in [4.78, 5) is 0. The lowest BCUT2D eigenvalue weighted by molar-refractivity contribution is 0.125. The summed E-state index contributed by atoms with van der Waals surface area (Å²) in [5, 5.41) is 18.8. The molecule has 0 aliphatic rings. The van der Waals surface area contributed by atoms with Crippen LogP contribution in [0.15, 0.2) is 0 Å². The molecule has 0 saturated carbocycles. The van der Waals surface area contributed by atoms with Crippen LogP contribution in [0, 0.1) is 47.3 Å². The Bertz CT molecular complexity index is 375. The molecule has 0 aromatic heterocycles. The first-order valence-corrected chi connectivity index (χ1v) is 17.2. The Kier molecular flexibility index (Phi) is 36.3. The lowest BCUT2D eigenvalue weighted by atomic mass is 9.98. The predicted octanol–water partition coefficient (Wildman–Crippen LogP) is 12.2. The second kappa shape index (κ2) is 30.9. The molecule has 0 aromatic rings. The van der Waals surface area contributed by atoms with Gasteiger partial charge in [0.05, 0.1) is 12.2 Å². The summed E-state index contributed by atoms with van der Waals surface area (Å²) in [6.07, 6.45) is 13.5. The monoisotopic (exact) mass is 559 g/mol. The zero-order chi connectivity index (χ0) is 31.6. The highest BCUT2D eigenvalue weighted by Crippen LogP contribution is 2.14. The standard InChI is InChI=1S/C10H22.2C9H20O.C9H20/c1-9(2)7-5-6-8-10(3)4;2*1-7(2)5-9(10)6-8(3)4;1-8(2)6-5-7-9(3)4/h9-10H,5-8H2,1-4H3;2*7-10H,5-6H2,1-4H3;8-9H,5-7H2,1-4H3. The van der Waals surface area contributed by atoms with Gasteiger partial charge >= 0.3 is 0 Å². The maximum atomic E-state index is 9.39. The molecule has 0 radical (unpaired) electrons. The van der Waals surface area contributed by atoms with Gasteiger partial charge in [-0.25, -0.2) is 0 Å². The fraction of sp³-hybridized carbons (Fsp3) is 1.00. The van der Waals surface area contributed by atoms with Crippen molar-refractivity contribution in [2.24, 2.45) is 47.3 Å². The lowest BCUT2D eigenvalue weighted by Crippen LogP contribution is -2.12. The van der Waals surface area contributed by atoms with Crippen LogP contribution in [-0.2, 0) is 0 Å². The SMILES string of the molecule is CC(C)CC(O)CC(C)C.CC(C)CC(O)CC(C)C.CC(C)CCCC(C)C.CC(C)CCCCC(C)C. The van der Waals surface area contributed by atoms with Crippen molar-refractivity contribution in [1.82, 2.24) is 0 Å². The minimum atomic E-state index is -0.0833. The van der Waals surface area contributed by atoms with E-state index in [1.807, 2.05) is 0 Å². The molecule has 0 atom stereocenters. The van der Waals surface area contributed by atoms with E-state index in [0.717, 1.165) is 49.4 Å². The molecular weight excluding hydrogens is 476 g/mol. The van der Waals surface area contributed by atoms with E-state index in [-0.39, 0.29) is 12.2 Å². The maximum absolute atomic E-state index is 9.39. The van der Waals surface area contributed by atoms with Crippen molar-refractivity contribution in [1.29, 1.82) is 0 Å². The Morgan fingerprint density at radius 2 is 0.462 bits per heavy atom. The molecular formula is C37H82O2. The first kappa shape index (κ1) is 45.9. The molecule has 0 aromatic carbocycles. The molecule has 0 saturated heterocycles. The maximum Gasteiger partial charge on any atom is 0.0545 e. The minimum Gasteiger partial charge on any atom is -0.393 e. The van der Waals surface area contributed by atoms with E-state index in [2.05, 4.69) is 111 Å². The Hall–Kier alpha value is -0.0800. The summed E-state index contributed by atoms with van der Waals surface area (Å²) in [5.74, 6) is 6.05. The quantitative estimate of drug-likeness (QED) is 0.174. The van der Waals surface area contributed by atoms with Crippen LogP contribution in [0.2, 0.25) is 0 Å². The molecule has 0 aliphatic carbocycles. The van der Waals surface area contributed by atoms with E-state index in [0.29, 0.717) is 23.7 Å².